The minimum absolute atomic E-state index is 0.335. The van der Waals surface area contributed by atoms with E-state index in [4.69, 9.17) is 19.6 Å². The van der Waals surface area contributed by atoms with Crippen LogP contribution < -0.4 is 5.43 Å². The highest BCUT2D eigenvalue weighted by Crippen LogP contribution is 2.23. The van der Waals surface area contributed by atoms with Gasteiger partial charge < -0.3 is 29.9 Å². The number of rotatable bonds is 11. The molecule has 0 fully saturated rings. The van der Waals surface area contributed by atoms with Gasteiger partial charge in [0.15, 0.2) is 16.8 Å². The zero-order valence-electron chi connectivity index (χ0n) is 17.7. The van der Waals surface area contributed by atoms with Gasteiger partial charge in [-0.25, -0.2) is 0 Å². The van der Waals surface area contributed by atoms with Crippen molar-refractivity contribution < 1.29 is 19.6 Å². The van der Waals surface area contributed by atoms with Gasteiger partial charge in [0.2, 0.25) is 0 Å². The van der Waals surface area contributed by atoms with Crippen molar-refractivity contribution in [2.45, 2.75) is 0 Å². The lowest BCUT2D eigenvalue weighted by molar-refractivity contribution is 0.417. The minimum Gasteiger partial charge on any atom is -0.373 e. The molecule has 0 radical (unpaired) electrons. The van der Waals surface area contributed by atoms with E-state index < -0.39 is 16.8 Å². The van der Waals surface area contributed by atoms with Gasteiger partial charge in [-0.15, -0.1) is 0 Å². The summed E-state index contributed by atoms with van der Waals surface area (Å²) < 4.78 is 1.82. The Bertz CT molecular complexity index is 966. The van der Waals surface area contributed by atoms with Gasteiger partial charge in [0, 0.05) is 44.4 Å². The summed E-state index contributed by atoms with van der Waals surface area (Å²) in [5, 5.41) is 0. The summed E-state index contributed by atoms with van der Waals surface area (Å²) in [6.07, 6.45) is 19.0. The highest BCUT2D eigenvalue weighted by atomic mass is 31.2. The van der Waals surface area contributed by atoms with E-state index in [1.54, 1.807) is 0 Å². The molecule has 2 heterocycles. The molecular weight excluding hydrogens is 444 g/mol. The fourth-order valence-corrected chi connectivity index (χ4v) is 3.78. The Labute approximate surface area is 191 Å². The first-order valence-corrected chi connectivity index (χ1v) is 13.2. The van der Waals surface area contributed by atoms with Crippen LogP contribution in [0.3, 0.4) is 0 Å². The number of nitrogens with one attached hydrogen (secondary N) is 1. The van der Waals surface area contributed by atoms with E-state index in [-0.39, 0.29) is 0 Å². The molecule has 2 aromatic rings. The zero-order chi connectivity index (χ0) is 22.8. The van der Waals surface area contributed by atoms with Crippen LogP contribution in [0.25, 0.3) is 18.2 Å². The molecule has 0 saturated carbocycles. The molecule has 7 nitrogen and oxygen atoms in total. The Morgan fingerprint density at radius 2 is 1.50 bits per heavy atom. The Morgan fingerprint density at radius 3 is 2.12 bits per heavy atom. The van der Waals surface area contributed by atoms with Crippen molar-refractivity contribution in [1.82, 2.24) is 9.58 Å². The third-order valence-corrected chi connectivity index (χ3v) is 6.04. The standard InChI is InChI=1S/C23H29N3O4P2/c27-31(28)17-12-24-26-15-11-23(19-26)8-7-21-3-1-20(2-4-21)5-6-22-9-13-25(14-10-22)16-18-32(29)30/h1-11,13,15,19,24,27-30H,12,14,16-18H2/b6-5+,8-7+. The van der Waals surface area contributed by atoms with E-state index in [1.807, 2.05) is 41.5 Å². The van der Waals surface area contributed by atoms with Crippen LogP contribution in [-0.4, -0.2) is 61.1 Å². The van der Waals surface area contributed by atoms with Gasteiger partial charge in [0.05, 0.1) is 0 Å². The van der Waals surface area contributed by atoms with Crippen LogP contribution in [0.1, 0.15) is 16.7 Å². The van der Waals surface area contributed by atoms with E-state index in [1.165, 1.54) is 0 Å². The van der Waals surface area contributed by atoms with Crippen LogP contribution >= 0.6 is 16.8 Å². The maximum atomic E-state index is 9.02. The van der Waals surface area contributed by atoms with E-state index >= 15 is 0 Å². The van der Waals surface area contributed by atoms with Crippen LogP contribution in [0.5, 0.6) is 0 Å². The van der Waals surface area contributed by atoms with Gasteiger partial charge in [-0.2, -0.15) is 0 Å². The van der Waals surface area contributed by atoms with Crippen molar-refractivity contribution in [3.8, 4) is 0 Å². The first-order valence-electron chi connectivity index (χ1n) is 10.3. The third kappa shape index (κ3) is 8.71. The molecule has 1 aromatic heterocycles. The molecule has 9 heteroatoms. The molecule has 3 rings (SSSR count). The van der Waals surface area contributed by atoms with Crippen molar-refractivity contribution in [3.63, 3.8) is 0 Å². The molecule has 32 heavy (non-hydrogen) atoms. The summed E-state index contributed by atoms with van der Waals surface area (Å²) in [5.41, 5.74) is 7.51. The summed E-state index contributed by atoms with van der Waals surface area (Å²) in [7, 11) is -3.69. The predicted octanol–water partition coefficient (Wildman–Crippen LogP) is 3.56. The van der Waals surface area contributed by atoms with Crippen molar-refractivity contribution in [3.05, 3.63) is 89.4 Å². The zero-order valence-corrected chi connectivity index (χ0v) is 19.5. The van der Waals surface area contributed by atoms with E-state index in [2.05, 4.69) is 58.9 Å². The van der Waals surface area contributed by atoms with Crippen molar-refractivity contribution in [2.75, 3.05) is 37.4 Å². The second kappa shape index (κ2) is 12.7. The predicted molar refractivity (Wildman–Crippen MR) is 134 cm³/mol. The van der Waals surface area contributed by atoms with E-state index in [0.717, 1.165) is 28.8 Å². The monoisotopic (exact) mass is 473 g/mol. The average molecular weight is 473 g/mol. The molecule has 170 valence electrons. The summed E-state index contributed by atoms with van der Waals surface area (Å²) >= 11 is 0. The largest absolute Gasteiger partial charge is 0.373 e. The summed E-state index contributed by atoms with van der Waals surface area (Å²) in [4.78, 5) is 38.0. The van der Waals surface area contributed by atoms with Crippen LogP contribution in [0.4, 0.5) is 0 Å². The topological polar surface area (TPSA) is 101 Å². The molecule has 0 bridgehead atoms. The molecule has 1 aliphatic rings. The van der Waals surface area contributed by atoms with Gasteiger partial charge in [-0.05, 0) is 40.6 Å². The number of hydrogen-bond donors (Lipinski definition) is 5. The molecule has 1 aromatic carbocycles. The van der Waals surface area contributed by atoms with Crippen molar-refractivity contribution in [1.29, 1.82) is 0 Å². The average Bonchev–Trinajstić information content (AvgIpc) is 3.23. The first-order chi connectivity index (χ1) is 15.5. The smallest absolute Gasteiger partial charge is 0.166 e. The minimum atomic E-state index is -1.86. The van der Waals surface area contributed by atoms with Crippen LogP contribution in [-0.2, 0) is 0 Å². The molecule has 0 unspecified atom stereocenters. The maximum absolute atomic E-state index is 9.02. The number of hydrogen-bond acceptors (Lipinski definition) is 6. The molecule has 0 amide bonds. The Morgan fingerprint density at radius 1 is 0.844 bits per heavy atom. The number of benzene rings is 1. The molecular formula is C23H29N3O4P2. The van der Waals surface area contributed by atoms with Gasteiger partial charge in [-0.3, -0.25) is 4.68 Å². The van der Waals surface area contributed by atoms with Crippen molar-refractivity contribution in [2.24, 2.45) is 0 Å². The summed E-state index contributed by atoms with van der Waals surface area (Å²) in [5.74, 6) is 0. The lowest BCUT2D eigenvalue weighted by Gasteiger charge is -2.22. The molecule has 1 aliphatic heterocycles. The van der Waals surface area contributed by atoms with Crippen LogP contribution in [0.15, 0.2) is 72.7 Å². The molecule has 0 saturated heterocycles. The van der Waals surface area contributed by atoms with E-state index in [0.29, 0.717) is 25.4 Å². The number of aromatic nitrogens is 1. The van der Waals surface area contributed by atoms with Crippen LogP contribution in [0.2, 0.25) is 0 Å². The maximum Gasteiger partial charge on any atom is 0.166 e. The number of nitrogens with zero attached hydrogens (tertiary/aromatic N) is 2. The van der Waals surface area contributed by atoms with Gasteiger partial charge >= 0.3 is 0 Å². The quantitative estimate of drug-likeness (QED) is 0.320. The van der Waals surface area contributed by atoms with Gasteiger partial charge in [-0.1, -0.05) is 54.6 Å². The molecule has 0 atom stereocenters. The van der Waals surface area contributed by atoms with Crippen LogP contribution in [0, 0.1) is 0 Å². The first kappa shape index (κ1) is 24.4. The Balaban J connectivity index is 1.47. The second-order valence-corrected chi connectivity index (χ2v) is 9.68. The summed E-state index contributed by atoms with van der Waals surface area (Å²) in [6.45, 7) is 1.92. The normalized spacial score (nSPS) is 14.3. The Hall–Kier alpha value is -2.24. The third-order valence-electron chi connectivity index (χ3n) is 4.82. The van der Waals surface area contributed by atoms with E-state index in [9.17, 15) is 0 Å². The summed E-state index contributed by atoms with van der Waals surface area (Å²) in [6, 6.07) is 10.3. The lowest BCUT2D eigenvalue weighted by atomic mass is 10.1. The lowest BCUT2D eigenvalue weighted by Crippen LogP contribution is -2.22. The van der Waals surface area contributed by atoms with Gasteiger partial charge in [0.25, 0.3) is 0 Å². The SMILES string of the molecule is OP(O)CCNn1ccc(/C=C/c2ccc(/C=C/C3=CCN(CCP(O)O)C=C3)cc2)c1. The molecule has 0 aliphatic carbocycles. The fourth-order valence-electron chi connectivity index (χ4n) is 3.04. The van der Waals surface area contributed by atoms with Crippen molar-refractivity contribution >= 4 is 35.0 Å². The highest BCUT2D eigenvalue weighted by molar-refractivity contribution is 7.45. The second-order valence-electron chi connectivity index (χ2n) is 7.30. The van der Waals surface area contributed by atoms with Gasteiger partial charge in [0.1, 0.15) is 0 Å². The number of allylic oxidation sites excluding steroid dienone is 3. The Kier molecular flexibility index (Phi) is 9.69. The molecule has 0 spiro atoms. The molecule has 5 N–H and O–H groups in total. The highest BCUT2D eigenvalue weighted by Gasteiger charge is 2.06. The fraction of sp³-hybridized carbons (Fsp3) is 0.217.